The molecule has 0 saturated heterocycles. The highest BCUT2D eigenvalue weighted by molar-refractivity contribution is 5.78. The summed E-state index contributed by atoms with van der Waals surface area (Å²) in [5.41, 5.74) is 6.42. The number of aryl methyl sites for hydroxylation is 2. The summed E-state index contributed by atoms with van der Waals surface area (Å²) >= 11 is 0. The minimum absolute atomic E-state index is 0.207. The minimum atomic E-state index is 0.207. The van der Waals surface area contributed by atoms with Crippen molar-refractivity contribution in [3.63, 3.8) is 0 Å². The van der Waals surface area contributed by atoms with Crippen LogP contribution in [0, 0.1) is 0 Å². The molecule has 20 heavy (non-hydrogen) atoms. The second-order valence-electron chi connectivity index (χ2n) is 5.27. The molecule has 0 fully saturated rings. The summed E-state index contributed by atoms with van der Waals surface area (Å²) in [6.07, 6.45) is 2.68. The molecule has 104 valence electrons. The van der Waals surface area contributed by atoms with Gasteiger partial charge in [0.1, 0.15) is 5.78 Å². The van der Waals surface area contributed by atoms with E-state index in [2.05, 4.69) is 56.3 Å². The van der Waals surface area contributed by atoms with Crippen LogP contribution in [-0.2, 0) is 24.1 Å². The zero-order valence-electron chi connectivity index (χ0n) is 12.6. The van der Waals surface area contributed by atoms with Gasteiger partial charge in [-0.3, -0.25) is 4.79 Å². The van der Waals surface area contributed by atoms with Crippen LogP contribution in [0.4, 0.5) is 0 Å². The Labute approximate surface area is 121 Å². The second-order valence-corrected chi connectivity index (χ2v) is 5.27. The number of hydrogen-bond acceptors (Lipinski definition) is 1. The van der Waals surface area contributed by atoms with E-state index in [1.165, 1.54) is 22.3 Å². The van der Waals surface area contributed by atoms with Crippen LogP contribution in [-0.4, -0.2) is 5.78 Å². The highest BCUT2D eigenvalue weighted by atomic mass is 16.1. The molecule has 0 N–H and O–H groups in total. The first kappa shape index (κ1) is 14.5. The first-order valence-electron chi connectivity index (χ1n) is 7.34. The van der Waals surface area contributed by atoms with Crippen molar-refractivity contribution < 1.29 is 4.79 Å². The monoisotopic (exact) mass is 266 g/mol. The zero-order valence-corrected chi connectivity index (χ0v) is 12.6. The van der Waals surface area contributed by atoms with E-state index in [4.69, 9.17) is 0 Å². The lowest BCUT2D eigenvalue weighted by atomic mass is 9.96. The third-order valence-electron chi connectivity index (χ3n) is 3.71. The molecule has 0 saturated carbocycles. The van der Waals surface area contributed by atoms with Crippen molar-refractivity contribution in [2.24, 2.45) is 0 Å². The van der Waals surface area contributed by atoms with Crippen LogP contribution >= 0.6 is 0 Å². The molecule has 0 amide bonds. The molecule has 0 aromatic heterocycles. The third kappa shape index (κ3) is 3.36. The molecule has 0 radical (unpaired) electrons. The van der Waals surface area contributed by atoms with E-state index in [0.717, 1.165) is 18.4 Å². The van der Waals surface area contributed by atoms with Crippen molar-refractivity contribution in [2.45, 2.75) is 40.0 Å². The maximum atomic E-state index is 11.1. The van der Waals surface area contributed by atoms with Crippen molar-refractivity contribution >= 4 is 5.78 Å². The van der Waals surface area contributed by atoms with E-state index in [-0.39, 0.29) is 5.78 Å². The van der Waals surface area contributed by atoms with Crippen molar-refractivity contribution in [3.05, 3.63) is 59.2 Å². The van der Waals surface area contributed by atoms with Gasteiger partial charge in [-0.1, -0.05) is 56.3 Å². The third-order valence-corrected chi connectivity index (χ3v) is 3.71. The molecule has 2 aromatic carbocycles. The molecule has 0 aliphatic carbocycles. The SMILES string of the molecule is CCc1ccc(-c2ccc(CC(C)=O)cc2)cc1CC. The van der Waals surface area contributed by atoms with Gasteiger partial charge in [-0.05, 0) is 47.6 Å². The summed E-state index contributed by atoms with van der Waals surface area (Å²) in [6.45, 7) is 6.03. The van der Waals surface area contributed by atoms with E-state index in [1.54, 1.807) is 6.92 Å². The first-order valence-corrected chi connectivity index (χ1v) is 7.34. The summed E-state index contributed by atoms with van der Waals surface area (Å²) in [5.74, 6) is 0.207. The number of Topliss-reactive ketones (excluding diaryl/α,β-unsaturated/α-hetero) is 1. The maximum absolute atomic E-state index is 11.1. The number of rotatable bonds is 5. The Morgan fingerprint density at radius 3 is 2.00 bits per heavy atom. The van der Waals surface area contributed by atoms with Crippen LogP contribution in [0.3, 0.4) is 0 Å². The summed E-state index contributed by atoms with van der Waals surface area (Å²) in [4.78, 5) is 11.1. The summed E-state index contributed by atoms with van der Waals surface area (Å²) < 4.78 is 0. The Hall–Kier alpha value is -1.89. The van der Waals surface area contributed by atoms with Crippen LogP contribution in [0.2, 0.25) is 0 Å². The number of carbonyl (C=O) groups excluding carboxylic acids is 1. The second kappa shape index (κ2) is 6.51. The van der Waals surface area contributed by atoms with E-state index in [1.807, 2.05) is 0 Å². The van der Waals surface area contributed by atoms with Crippen LogP contribution in [0.25, 0.3) is 11.1 Å². The Bertz CT molecular complexity index is 594. The Morgan fingerprint density at radius 2 is 1.45 bits per heavy atom. The van der Waals surface area contributed by atoms with E-state index in [0.29, 0.717) is 6.42 Å². The predicted molar refractivity (Wildman–Crippen MR) is 85.0 cm³/mol. The van der Waals surface area contributed by atoms with Gasteiger partial charge in [0.15, 0.2) is 0 Å². The molecule has 0 bridgehead atoms. The highest BCUT2D eigenvalue weighted by Gasteiger charge is 2.04. The van der Waals surface area contributed by atoms with E-state index >= 15 is 0 Å². The summed E-state index contributed by atoms with van der Waals surface area (Å²) in [7, 11) is 0. The molecule has 1 heteroatoms. The smallest absolute Gasteiger partial charge is 0.134 e. The molecule has 2 rings (SSSR count). The molecular weight excluding hydrogens is 244 g/mol. The van der Waals surface area contributed by atoms with Crippen molar-refractivity contribution in [1.29, 1.82) is 0 Å². The fraction of sp³-hybridized carbons (Fsp3) is 0.316. The van der Waals surface area contributed by atoms with E-state index in [9.17, 15) is 4.79 Å². The van der Waals surface area contributed by atoms with Crippen molar-refractivity contribution in [3.8, 4) is 11.1 Å². The van der Waals surface area contributed by atoms with Crippen LogP contribution < -0.4 is 0 Å². The number of hydrogen-bond donors (Lipinski definition) is 0. The van der Waals surface area contributed by atoms with Crippen LogP contribution in [0.15, 0.2) is 42.5 Å². The normalized spacial score (nSPS) is 10.6. The van der Waals surface area contributed by atoms with Gasteiger partial charge in [0.2, 0.25) is 0 Å². The molecule has 2 aromatic rings. The van der Waals surface area contributed by atoms with Gasteiger partial charge in [0.05, 0.1) is 0 Å². The van der Waals surface area contributed by atoms with Gasteiger partial charge in [0, 0.05) is 6.42 Å². The lowest BCUT2D eigenvalue weighted by Crippen LogP contribution is -1.96. The van der Waals surface area contributed by atoms with Gasteiger partial charge >= 0.3 is 0 Å². The van der Waals surface area contributed by atoms with Crippen LogP contribution in [0.1, 0.15) is 37.5 Å². The topological polar surface area (TPSA) is 17.1 Å². The Morgan fingerprint density at radius 1 is 0.850 bits per heavy atom. The van der Waals surface area contributed by atoms with Gasteiger partial charge in [-0.15, -0.1) is 0 Å². The average molecular weight is 266 g/mol. The molecule has 1 nitrogen and oxygen atoms in total. The lowest BCUT2D eigenvalue weighted by Gasteiger charge is -2.09. The first-order chi connectivity index (χ1) is 9.63. The average Bonchev–Trinajstić information content (AvgIpc) is 2.46. The molecule has 0 heterocycles. The van der Waals surface area contributed by atoms with Gasteiger partial charge < -0.3 is 0 Å². The van der Waals surface area contributed by atoms with Gasteiger partial charge in [-0.2, -0.15) is 0 Å². The minimum Gasteiger partial charge on any atom is -0.300 e. The predicted octanol–water partition coefficient (Wildman–Crippen LogP) is 4.61. The molecule has 0 aliphatic rings. The quantitative estimate of drug-likeness (QED) is 0.772. The molecular formula is C19H22O. The maximum Gasteiger partial charge on any atom is 0.134 e. The Kier molecular flexibility index (Phi) is 4.73. The number of benzene rings is 2. The Balaban J connectivity index is 2.29. The van der Waals surface area contributed by atoms with Crippen LogP contribution in [0.5, 0.6) is 0 Å². The van der Waals surface area contributed by atoms with Gasteiger partial charge in [-0.25, -0.2) is 0 Å². The number of carbonyl (C=O) groups is 1. The zero-order chi connectivity index (χ0) is 14.5. The largest absolute Gasteiger partial charge is 0.300 e. The summed E-state index contributed by atoms with van der Waals surface area (Å²) in [6, 6.07) is 15.0. The summed E-state index contributed by atoms with van der Waals surface area (Å²) in [5, 5.41) is 0. The standard InChI is InChI=1S/C19H22O/c1-4-16-10-11-19(13-17(16)5-2)18-8-6-15(7-9-18)12-14(3)20/h6-11,13H,4-5,12H2,1-3H3. The van der Waals surface area contributed by atoms with Crippen molar-refractivity contribution in [2.75, 3.05) is 0 Å². The molecule has 0 unspecified atom stereocenters. The molecule has 0 spiro atoms. The fourth-order valence-corrected chi connectivity index (χ4v) is 2.58. The lowest BCUT2D eigenvalue weighted by molar-refractivity contribution is -0.116. The highest BCUT2D eigenvalue weighted by Crippen LogP contribution is 2.24. The van der Waals surface area contributed by atoms with Gasteiger partial charge in [0.25, 0.3) is 0 Å². The molecule has 0 atom stereocenters. The number of ketones is 1. The van der Waals surface area contributed by atoms with E-state index < -0.39 is 0 Å². The van der Waals surface area contributed by atoms with Crippen molar-refractivity contribution in [1.82, 2.24) is 0 Å². The fourth-order valence-electron chi connectivity index (χ4n) is 2.58. The molecule has 0 aliphatic heterocycles.